The van der Waals surface area contributed by atoms with Crippen molar-refractivity contribution < 1.29 is 24.2 Å². The molecule has 1 saturated heterocycles. The number of aliphatic carboxylic acids is 1. The monoisotopic (exact) mass is 329 g/mol. The highest BCUT2D eigenvalue weighted by Crippen LogP contribution is 2.20. The standard InChI is InChI=1S/C18H19NO5/c1-12-9-19(10-16(24-12)18(21)22)17(20)11-23-15-7-6-13-4-2-3-5-14(13)8-15/h2-8,12,16H,9-11H2,1H3,(H,21,22)/t12-,16?/m1/s1. The van der Waals surface area contributed by atoms with Crippen LogP contribution in [0.5, 0.6) is 5.75 Å². The number of nitrogens with zero attached hydrogens (tertiary/aromatic N) is 1. The Labute approximate surface area is 139 Å². The first kappa shape index (κ1) is 16.3. The van der Waals surface area contributed by atoms with Gasteiger partial charge in [0.15, 0.2) is 12.7 Å². The van der Waals surface area contributed by atoms with Gasteiger partial charge in [-0.05, 0) is 29.8 Å². The van der Waals surface area contributed by atoms with Crippen molar-refractivity contribution >= 4 is 22.6 Å². The molecule has 6 nitrogen and oxygen atoms in total. The van der Waals surface area contributed by atoms with Crippen molar-refractivity contribution in [3.05, 3.63) is 42.5 Å². The largest absolute Gasteiger partial charge is 0.484 e. The molecule has 2 aromatic rings. The number of rotatable bonds is 4. The molecule has 0 aliphatic carbocycles. The Morgan fingerprint density at radius 1 is 1.21 bits per heavy atom. The second-order valence-electron chi connectivity index (χ2n) is 5.87. The van der Waals surface area contributed by atoms with E-state index in [4.69, 9.17) is 14.6 Å². The van der Waals surface area contributed by atoms with E-state index in [0.717, 1.165) is 10.8 Å². The molecule has 2 aromatic carbocycles. The molecule has 0 spiro atoms. The number of carbonyl (C=O) groups is 2. The van der Waals surface area contributed by atoms with Gasteiger partial charge in [0.25, 0.3) is 5.91 Å². The minimum Gasteiger partial charge on any atom is -0.484 e. The molecule has 1 aliphatic heterocycles. The number of carboxylic acid groups (broad SMARTS) is 1. The third-order valence-corrected chi connectivity index (χ3v) is 3.97. The van der Waals surface area contributed by atoms with Crippen LogP contribution in [0.3, 0.4) is 0 Å². The Balaban J connectivity index is 1.62. The number of fused-ring (bicyclic) bond motifs is 1. The Morgan fingerprint density at radius 2 is 1.96 bits per heavy atom. The third-order valence-electron chi connectivity index (χ3n) is 3.97. The number of ether oxygens (including phenoxy) is 2. The molecule has 0 aromatic heterocycles. The number of benzene rings is 2. The van der Waals surface area contributed by atoms with E-state index in [9.17, 15) is 9.59 Å². The maximum Gasteiger partial charge on any atom is 0.334 e. The lowest BCUT2D eigenvalue weighted by Crippen LogP contribution is -2.52. The van der Waals surface area contributed by atoms with Crippen LogP contribution in [0.15, 0.2) is 42.5 Å². The van der Waals surface area contributed by atoms with E-state index in [1.807, 2.05) is 42.5 Å². The van der Waals surface area contributed by atoms with Gasteiger partial charge in [-0.2, -0.15) is 0 Å². The Kier molecular flexibility index (Phi) is 4.66. The van der Waals surface area contributed by atoms with Crippen molar-refractivity contribution in [2.24, 2.45) is 0 Å². The Morgan fingerprint density at radius 3 is 2.71 bits per heavy atom. The summed E-state index contributed by atoms with van der Waals surface area (Å²) in [5, 5.41) is 11.2. The second-order valence-corrected chi connectivity index (χ2v) is 5.87. The summed E-state index contributed by atoms with van der Waals surface area (Å²) < 4.78 is 10.9. The van der Waals surface area contributed by atoms with Crippen molar-refractivity contribution in [3.8, 4) is 5.75 Å². The first-order valence-electron chi connectivity index (χ1n) is 7.80. The van der Waals surface area contributed by atoms with Crippen LogP contribution in [-0.4, -0.2) is 53.8 Å². The molecule has 1 aliphatic rings. The Hall–Kier alpha value is -2.60. The normalized spacial score (nSPS) is 20.8. The van der Waals surface area contributed by atoms with Crippen LogP contribution < -0.4 is 4.74 Å². The number of amides is 1. The third kappa shape index (κ3) is 3.65. The van der Waals surface area contributed by atoms with Crippen LogP contribution in [0.2, 0.25) is 0 Å². The van der Waals surface area contributed by atoms with Crippen molar-refractivity contribution in [2.75, 3.05) is 19.7 Å². The predicted octanol–water partition coefficient (Wildman–Crippen LogP) is 1.92. The first-order chi connectivity index (χ1) is 11.5. The number of carbonyl (C=O) groups excluding carboxylic acids is 1. The SMILES string of the molecule is C[C@@H]1CN(C(=O)COc2ccc3ccccc3c2)CC(C(=O)O)O1. The van der Waals surface area contributed by atoms with Gasteiger partial charge in [0.2, 0.25) is 0 Å². The summed E-state index contributed by atoms with van der Waals surface area (Å²) in [5.41, 5.74) is 0. The van der Waals surface area contributed by atoms with E-state index in [1.165, 1.54) is 4.90 Å². The van der Waals surface area contributed by atoms with E-state index < -0.39 is 12.1 Å². The minimum atomic E-state index is -1.06. The minimum absolute atomic E-state index is 0.0413. The molecule has 0 radical (unpaired) electrons. The number of carboxylic acids is 1. The highest BCUT2D eigenvalue weighted by Gasteiger charge is 2.32. The Bertz CT molecular complexity index is 760. The van der Waals surface area contributed by atoms with Gasteiger partial charge < -0.3 is 19.5 Å². The molecule has 2 atom stereocenters. The molecule has 1 N–H and O–H groups in total. The molecule has 6 heteroatoms. The van der Waals surface area contributed by atoms with Gasteiger partial charge in [-0.15, -0.1) is 0 Å². The van der Waals surface area contributed by atoms with Gasteiger partial charge in [-0.1, -0.05) is 30.3 Å². The molecule has 126 valence electrons. The van der Waals surface area contributed by atoms with Crippen LogP contribution in [0, 0.1) is 0 Å². The van der Waals surface area contributed by atoms with Gasteiger partial charge in [-0.3, -0.25) is 4.79 Å². The summed E-state index contributed by atoms with van der Waals surface area (Å²) in [4.78, 5) is 24.9. The van der Waals surface area contributed by atoms with Crippen LogP contribution >= 0.6 is 0 Å². The van der Waals surface area contributed by atoms with E-state index in [2.05, 4.69) is 0 Å². The fourth-order valence-electron chi connectivity index (χ4n) is 2.79. The molecule has 1 heterocycles. The van der Waals surface area contributed by atoms with Gasteiger partial charge in [0, 0.05) is 6.54 Å². The summed E-state index contributed by atoms with van der Waals surface area (Å²) in [7, 11) is 0. The molecular weight excluding hydrogens is 310 g/mol. The fraction of sp³-hybridized carbons (Fsp3) is 0.333. The summed E-state index contributed by atoms with van der Waals surface area (Å²) in [6, 6.07) is 13.5. The van der Waals surface area contributed by atoms with Gasteiger partial charge in [0.05, 0.1) is 12.6 Å². The average molecular weight is 329 g/mol. The quantitative estimate of drug-likeness (QED) is 0.927. The van der Waals surface area contributed by atoms with Crippen LogP contribution in [-0.2, 0) is 14.3 Å². The number of hydrogen-bond acceptors (Lipinski definition) is 4. The van der Waals surface area contributed by atoms with Gasteiger partial charge >= 0.3 is 5.97 Å². The summed E-state index contributed by atoms with van der Waals surface area (Å²) in [5.74, 6) is -0.697. The zero-order valence-electron chi connectivity index (χ0n) is 13.3. The van der Waals surface area contributed by atoms with Crippen LogP contribution in [0.4, 0.5) is 0 Å². The molecule has 1 fully saturated rings. The highest BCUT2D eigenvalue weighted by atomic mass is 16.5. The van der Waals surface area contributed by atoms with Crippen LogP contribution in [0.1, 0.15) is 6.92 Å². The number of hydrogen-bond donors (Lipinski definition) is 1. The van der Waals surface area contributed by atoms with E-state index >= 15 is 0 Å². The van der Waals surface area contributed by atoms with E-state index in [-0.39, 0.29) is 25.2 Å². The molecule has 0 saturated carbocycles. The molecule has 1 unspecified atom stereocenters. The second kappa shape index (κ2) is 6.88. The van der Waals surface area contributed by atoms with E-state index in [1.54, 1.807) is 6.92 Å². The summed E-state index contributed by atoms with van der Waals surface area (Å²) in [6.45, 7) is 2.03. The molecule has 24 heavy (non-hydrogen) atoms. The summed E-state index contributed by atoms with van der Waals surface area (Å²) in [6.07, 6.45) is -1.30. The molecule has 3 rings (SSSR count). The summed E-state index contributed by atoms with van der Waals surface area (Å²) >= 11 is 0. The molecular formula is C18H19NO5. The lowest BCUT2D eigenvalue weighted by atomic mass is 10.1. The molecule has 0 bridgehead atoms. The maximum atomic E-state index is 12.3. The topological polar surface area (TPSA) is 76.1 Å². The molecule has 1 amide bonds. The fourth-order valence-corrected chi connectivity index (χ4v) is 2.79. The van der Waals surface area contributed by atoms with Gasteiger partial charge in [-0.25, -0.2) is 4.79 Å². The van der Waals surface area contributed by atoms with Crippen molar-refractivity contribution in [3.63, 3.8) is 0 Å². The average Bonchev–Trinajstić information content (AvgIpc) is 2.58. The van der Waals surface area contributed by atoms with Crippen LogP contribution in [0.25, 0.3) is 10.8 Å². The van der Waals surface area contributed by atoms with E-state index in [0.29, 0.717) is 12.3 Å². The highest BCUT2D eigenvalue weighted by molar-refractivity contribution is 5.84. The maximum absolute atomic E-state index is 12.3. The van der Waals surface area contributed by atoms with Crippen molar-refractivity contribution in [1.29, 1.82) is 0 Å². The predicted molar refractivity (Wildman–Crippen MR) is 88.0 cm³/mol. The lowest BCUT2D eigenvalue weighted by molar-refractivity contribution is -0.167. The first-order valence-corrected chi connectivity index (χ1v) is 7.80. The van der Waals surface area contributed by atoms with Crippen molar-refractivity contribution in [1.82, 2.24) is 4.90 Å². The smallest absolute Gasteiger partial charge is 0.334 e. The lowest BCUT2D eigenvalue weighted by Gasteiger charge is -2.34. The van der Waals surface area contributed by atoms with Crippen molar-refractivity contribution in [2.45, 2.75) is 19.1 Å². The number of morpholine rings is 1. The zero-order valence-corrected chi connectivity index (χ0v) is 13.3. The van der Waals surface area contributed by atoms with Gasteiger partial charge in [0.1, 0.15) is 5.75 Å². The zero-order chi connectivity index (χ0) is 17.1.